The molecule has 1 aromatic rings. The highest BCUT2D eigenvalue weighted by molar-refractivity contribution is 5.29. The molecule has 1 heterocycles. The molecule has 1 rings (SSSR count). The predicted octanol–water partition coefficient (Wildman–Crippen LogP) is 3.13. The molecule has 0 saturated heterocycles. The van der Waals surface area contributed by atoms with Gasteiger partial charge in [-0.1, -0.05) is 6.08 Å². The van der Waals surface area contributed by atoms with Crippen molar-refractivity contribution in [3.63, 3.8) is 0 Å². The molecule has 0 bridgehead atoms. The highest BCUT2D eigenvalue weighted by Gasteiger charge is 2.26. The second-order valence-corrected chi connectivity index (χ2v) is 3.79. The van der Waals surface area contributed by atoms with Crippen molar-refractivity contribution in [2.45, 2.75) is 32.5 Å². The Kier molecular flexibility index (Phi) is 4.60. The summed E-state index contributed by atoms with van der Waals surface area (Å²) in [5.41, 5.74) is 0.781. The van der Waals surface area contributed by atoms with Gasteiger partial charge in [0.25, 0.3) is 0 Å². The van der Waals surface area contributed by atoms with Crippen LogP contribution in [0.4, 0.5) is 19.1 Å². The van der Waals surface area contributed by atoms with Crippen LogP contribution in [-0.2, 0) is 6.54 Å². The molecule has 0 unspecified atom stereocenters. The van der Waals surface area contributed by atoms with Crippen LogP contribution < -0.4 is 5.32 Å². The molecule has 1 aromatic heterocycles. The summed E-state index contributed by atoms with van der Waals surface area (Å²) < 4.78 is 37.7. The summed E-state index contributed by atoms with van der Waals surface area (Å²) >= 11 is 0. The van der Waals surface area contributed by atoms with Crippen molar-refractivity contribution >= 4 is 5.95 Å². The standard InChI is InChI=1S/C11H16F3N3/c1-3-6-15-10-16-9(2)8-17(10)7-4-5-11(12,13)14/h3,8H,1,4-7H2,2H3,(H,15,16). The zero-order valence-electron chi connectivity index (χ0n) is 9.72. The fourth-order valence-electron chi connectivity index (χ4n) is 1.47. The molecule has 0 aliphatic rings. The molecule has 3 nitrogen and oxygen atoms in total. The van der Waals surface area contributed by atoms with Crippen molar-refractivity contribution in [2.24, 2.45) is 0 Å². The van der Waals surface area contributed by atoms with Crippen LogP contribution in [0.1, 0.15) is 18.5 Å². The van der Waals surface area contributed by atoms with Crippen LogP contribution in [0.25, 0.3) is 0 Å². The summed E-state index contributed by atoms with van der Waals surface area (Å²) in [7, 11) is 0. The number of nitrogens with zero attached hydrogens (tertiary/aromatic N) is 2. The summed E-state index contributed by atoms with van der Waals surface area (Å²) in [6.45, 7) is 6.21. The van der Waals surface area contributed by atoms with E-state index < -0.39 is 12.6 Å². The van der Waals surface area contributed by atoms with Crippen LogP contribution in [0.3, 0.4) is 0 Å². The molecule has 0 saturated carbocycles. The Bertz CT molecular complexity index is 369. The van der Waals surface area contributed by atoms with Gasteiger partial charge in [-0.2, -0.15) is 13.2 Å². The first-order valence-electron chi connectivity index (χ1n) is 5.37. The lowest BCUT2D eigenvalue weighted by molar-refractivity contribution is -0.135. The van der Waals surface area contributed by atoms with Crippen molar-refractivity contribution in [1.82, 2.24) is 9.55 Å². The first-order chi connectivity index (χ1) is 7.92. The molecule has 0 aliphatic carbocycles. The molecule has 0 amide bonds. The van der Waals surface area contributed by atoms with E-state index in [4.69, 9.17) is 0 Å². The van der Waals surface area contributed by atoms with Crippen LogP contribution in [0.15, 0.2) is 18.9 Å². The number of aromatic nitrogens is 2. The molecule has 0 aromatic carbocycles. The molecule has 0 fully saturated rings. The summed E-state index contributed by atoms with van der Waals surface area (Å²) in [5.74, 6) is 0.588. The van der Waals surface area contributed by atoms with Gasteiger partial charge in [0.1, 0.15) is 0 Å². The zero-order valence-corrected chi connectivity index (χ0v) is 9.72. The molecule has 0 aliphatic heterocycles. The van der Waals surface area contributed by atoms with Gasteiger partial charge < -0.3 is 9.88 Å². The predicted molar refractivity (Wildman–Crippen MR) is 60.9 cm³/mol. The zero-order chi connectivity index (χ0) is 12.9. The van der Waals surface area contributed by atoms with Gasteiger partial charge in [0.2, 0.25) is 5.95 Å². The third kappa shape index (κ3) is 4.93. The monoisotopic (exact) mass is 247 g/mol. The summed E-state index contributed by atoms with van der Waals surface area (Å²) in [6, 6.07) is 0. The van der Waals surface area contributed by atoms with E-state index in [1.165, 1.54) is 0 Å². The van der Waals surface area contributed by atoms with E-state index in [2.05, 4.69) is 16.9 Å². The van der Waals surface area contributed by atoms with Gasteiger partial charge >= 0.3 is 6.18 Å². The van der Waals surface area contributed by atoms with E-state index in [0.29, 0.717) is 19.0 Å². The molecule has 0 spiro atoms. The molecule has 6 heteroatoms. The maximum Gasteiger partial charge on any atom is 0.389 e. The SMILES string of the molecule is C=CCNc1nc(C)cn1CCCC(F)(F)F. The van der Waals surface area contributed by atoms with Crippen LogP contribution in [0, 0.1) is 6.92 Å². The van der Waals surface area contributed by atoms with E-state index in [-0.39, 0.29) is 6.42 Å². The number of hydrogen-bond acceptors (Lipinski definition) is 2. The van der Waals surface area contributed by atoms with Crippen LogP contribution in [0.2, 0.25) is 0 Å². The molecule has 0 radical (unpaired) electrons. The summed E-state index contributed by atoms with van der Waals surface area (Å²) in [4.78, 5) is 4.19. The minimum absolute atomic E-state index is 0.0576. The van der Waals surface area contributed by atoms with Crippen molar-refractivity contribution < 1.29 is 13.2 Å². The lowest BCUT2D eigenvalue weighted by Gasteiger charge is -2.09. The topological polar surface area (TPSA) is 29.9 Å². The smallest absolute Gasteiger partial charge is 0.352 e. The van der Waals surface area contributed by atoms with Crippen molar-refractivity contribution in [3.8, 4) is 0 Å². The number of alkyl halides is 3. The van der Waals surface area contributed by atoms with E-state index in [1.807, 2.05) is 0 Å². The fourth-order valence-corrected chi connectivity index (χ4v) is 1.47. The van der Waals surface area contributed by atoms with Gasteiger partial charge in [0.15, 0.2) is 0 Å². The number of hydrogen-bond donors (Lipinski definition) is 1. The molecular formula is C11H16F3N3. The van der Waals surface area contributed by atoms with Gasteiger partial charge in [0.05, 0.1) is 5.69 Å². The average Bonchev–Trinajstić information content (AvgIpc) is 2.54. The maximum atomic E-state index is 12.0. The molecular weight excluding hydrogens is 231 g/mol. The maximum absolute atomic E-state index is 12.0. The number of nitrogens with one attached hydrogen (secondary N) is 1. The minimum Gasteiger partial charge on any atom is -0.352 e. The lowest BCUT2D eigenvalue weighted by Crippen LogP contribution is -2.11. The summed E-state index contributed by atoms with van der Waals surface area (Å²) in [5, 5.41) is 2.98. The Morgan fingerprint density at radius 3 is 2.82 bits per heavy atom. The normalized spacial score (nSPS) is 11.5. The van der Waals surface area contributed by atoms with E-state index >= 15 is 0 Å². The lowest BCUT2D eigenvalue weighted by atomic mass is 10.3. The molecule has 0 atom stereocenters. The van der Waals surface area contributed by atoms with Gasteiger partial charge in [0, 0.05) is 25.7 Å². The average molecular weight is 247 g/mol. The van der Waals surface area contributed by atoms with E-state index in [9.17, 15) is 13.2 Å². The molecule has 96 valence electrons. The van der Waals surface area contributed by atoms with Gasteiger partial charge in [-0.3, -0.25) is 0 Å². The third-order valence-corrected chi connectivity index (χ3v) is 2.16. The summed E-state index contributed by atoms with van der Waals surface area (Å²) in [6.07, 6.45) is -1.40. The number of rotatable bonds is 6. The van der Waals surface area contributed by atoms with E-state index in [0.717, 1.165) is 5.69 Å². The van der Waals surface area contributed by atoms with Crippen molar-refractivity contribution in [1.29, 1.82) is 0 Å². The Balaban J connectivity index is 2.54. The second-order valence-electron chi connectivity index (χ2n) is 3.79. The largest absolute Gasteiger partial charge is 0.389 e. The first-order valence-corrected chi connectivity index (χ1v) is 5.37. The number of imidazole rings is 1. The Hall–Kier alpha value is -1.46. The van der Waals surface area contributed by atoms with Gasteiger partial charge in [-0.05, 0) is 13.3 Å². The van der Waals surface area contributed by atoms with Crippen molar-refractivity contribution in [3.05, 3.63) is 24.5 Å². The van der Waals surface area contributed by atoms with Crippen LogP contribution in [-0.4, -0.2) is 22.3 Å². The Labute approximate surface area is 98.3 Å². The molecule has 17 heavy (non-hydrogen) atoms. The third-order valence-electron chi connectivity index (χ3n) is 2.16. The second kappa shape index (κ2) is 5.75. The van der Waals surface area contributed by atoms with Crippen LogP contribution >= 0.6 is 0 Å². The minimum atomic E-state index is -4.09. The van der Waals surface area contributed by atoms with Crippen LogP contribution in [0.5, 0.6) is 0 Å². The quantitative estimate of drug-likeness (QED) is 0.783. The first kappa shape index (κ1) is 13.6. The fraction of sp³-hybridized carbons (Fsp3) is 0.545. The number of anilines is 1. The van der Waals surface area contributed by atoms with Gasteiger partial charge in [-0.25, -0.2) is 4.98 Å². The van der Waals surface area contributed by atoms with E-state index in [1.54, 1.807) is 23.8 Å². The van der Waals surface area contributed by atoms with Gasteiger partial charge in [-0.15, -0.1) is 6.58 Å². The molecule has 1 N–H and O–H groups in total. The highest BCUT2D eigenvalue weighted by Crippen LogP contribution is 2.22. The Morgan fingerprint density at radius 1 is 1.53 bits per heavy atom. The van der Waals surface area contributed by atoms with Crippen molar-refractivity contribution in [2.75, 3.05) is 11.9 Å². The number of halogens is 3. The number of aryl methyl sites for hydroxylation is 2. The highest BCUT2D eigenvalue weighted by atomic mass is 19.4. The Morgan fingerprint density at radius 2 is 2.24 bits per heavy atom.